The number of hydrogen-bond donors (Lipinski definition) is 2. The molecule has 160 valence electrons. The Kier molecular flexibility index (Phi) is 6.78. The van der Waals surface area contributed by atoms with Crippen molar-refractivity contribution in [1.29, 1.82) is 0 Å². The van der Waals surface area contributed by atoms with Gasteiger partial charge in [0.25, 0.3) is 11.6 Å². The van der Waals surface area contributed by atoms with Crippen LogP contribution in [-0.4, -0.2) is 19.2 Å². The average Bonchev–Trinajstić information content (AvgIpc) is 2.78. The standard InChI is InChI=1S/C22H21N3O5S/c1-16(17-8-3-2-4-9-17)24-31(29,30)20-12-7-11-18(14-20)22(26)23-15-19-10-5-6-13-21(19)25(27)28/h2-14,16,24H,15H2,1H3,(H,23,26). The van der Waals surface area contributed by atoms with Gasteiger partial charge in [-0.05, 0) is 30.7 Å². The average molecular weight is 439 g/mol. The van der Waals surface area contributed by atoms with E-state index in [1.165, 1.54) is 30.3 Å². The molecule has 0 spiro atoms. The van der Waals surface area contributed by atoms with E-state index in [2.05, 4.69) is 10.0 Å². The first-order valence-corrected chi connectivity index (χ1v) is 10.9. The molecule has 0 aliphatic carbocycles. The highest BCUT2D eigenvalue weighted by Gasteiger charge is 2.20. The zero-order valence-electron chi connectivity index (χ0n) is 16.7. The molecule has 0 saturated heterocycles. The van der Waals surface area contributed by atoms with Crippen LogP contribution in [0.2, 0.25) is 0 Å². The van der Waals surface area contributed by atoms with E-state index in [9.17, 15) is 23.3 Å². The first-order valence-electron chi connectivity index (χ1n) is 9.46. The third-order valence-corrected chi connectivity index (χ3v) is 6.20. The van der Waals surface area contributed by atoms with Crippen LogP contribution in [0.3, 0.4) is 0 Å². The Balaban J connectivity index is 1.73. The quantitative estimate of drug-likeness (QED) is 0.411. The summed E-state index contributed by atoms with van der Waals surface area (Å²) in [5, 5.41) is 13.7. The number of nitrogens with zero attached hydrogens (tertiary/aromatic N) is 1. The molecule has 3 aromatic carbocycles. The monoisotopic (exact) mass is 439 g/mol. The van der Waals surface area contributed by atoms with E-state index in [1.807, 2.05) is 30.3 Å². The molecular formula is C22H21N3O5S. The van der Waals surface area contributed by atoms with E-state index >= 15 is 0 Å². The number of carbonyl (C=O) groups excluding carboxylic acids is 1. The Hall–Kier alpha value is -3.56. The van der Waals surface area contributed by atoms with E-state index < -0.39 is 26.9 Å². The second kappa shape index (κ2) is 9.50. The Morgan fingerprint density at radius 1 is 1.00 bits per heavy atom. The van der Waals surface area contributed by atoms with Crippen LogP contribution < -0.4 is 10.0 Å². The molecule has 0 aliphatic heterocycles. The highest BCUT2D eigenvalue weighted by atomic mass is 32.2. The summed E-state index contributed by atoms with van der Waals surface area (Å²) in [6, 6.07) is 20.4. The number of amides is 1. The van der Waals surface area contributed by atoms with Gasteiger partial charge in [0.2, 0.25) is 10.0 Å². The van der Waals surface area contributed by atoms with Gasteiger partial charge < -0.3 is 5.32 Å². The van der Waals surface area contributed by atoms with Gasteiger partial charge in [0.15, 0.2) is 0 Å². The molecule has 1 atom stereocenters. The van der Waals surface area contributed by atoms with Crippen molar-refractivity contribution in [1.82, 2.24) is 10.0 Å². The fourth-order valence-corrected chi connectivity index (χ4v) is 4.31. The molecule has 0 fully saturated rings. The fraction of sp³-hybridized carbons (Fsp3) is 0.136. The molecule has 0 aliphatic rings. The number of hydrogen-bond acceptors (Lipinski definition) is 5. The number of para-hydroxylation sites is 1. The van der Waals surface area contributed by atoms with E-state index in [1.54, 1.807) is 25.1 Å². The maximum atomic E-state index is 12.8. The predicted molar refractivity (Wildman–Crippen MR) is 116 cm³/mol. The SMILES string of the molecule is CC(NS(=O)(=O)c1cccc(C(=O)NCc2ccccc2[N+](=O)[O-])c1)c1ccccc1. The molecule has 9 heteroatoms. The number of nitrogens with one attached hydrogen (secondary N) is 2. The highest BCUT2D eigenvalue weighted by molar-refractivity contribution is 7.89. The highest BCUT2D eigenvalue weighted by Crippen LogP contribution is 2.19. The van der Waals surface area contributed by atoms with Crippen LogP contribution in [0.25, 0.3) is 0 Å². The molecule has 2 N–H and O–H groups in total. The van der Waals surface area contributed by atoms with E-state index in [-0.39, 0.29) is 22.7 Å². The summed E-state index contributed by atoms with van der Waals surface area (Å²) >= 11 is 0. The van der Waals surface area contributed by atoms with Gasteiger partial charge in [0.1, 0.15) is 0 Å². The minimum atomic E-state index is -3.87. The van der Waals surface area contributed by atoms with Gasteiger partial charge in [-0.1, -0.05) is 54.6 Å². The van der Waals surface area contributed by atoms with Crippen molar-refractivity contribution >= 4 is 21.6 Å². The largest absolute Gasteiger partial charge is 0.348 e. The Morgan fingerprint density at radius 3 is 2.39 bits per heavy atom. The number of sulfonamides is 1. The van der Waals surface area contributed by atoms with Gasteiger partial charge in [-0.2, -0.15) is 0 Å². The second-order valence-corrected chi connectivity index (χ2v) is 8.56. The summed E-state index contributed by atoms with van der Waals surface area (Å²) in [5.74, 6) is -0.536. The Morgan fingerprint density at radius 2 is 1.68 bits per heavy atom. The normalized spacial score (nSPS) is 12.2. The minimum absolute atomic E-state index is 0.0476. The summed E-state index contributed by atoms with van der Waals surface area (Å²) in [5.41, 5.74) is 1.19. The molecule has 8 nitrogen and oxygen atoms in total. The molecule has 0 saturated carbocycles. The topological polar surface area (TPSA) is 118 Å². The van der Waals surface area contributed by atoms with Gasteiger partial charge in [-0.25, -0.2) is 13.1 Å². The van der Waals surface area contributed by atoms with Crippen LogP contribution in [0, 0.1) is 10.1 Å². The lowest BCUT2D eigenvalue weighted by molar-refractivity contribution is -0.385. The van der Waals surface area contributed by atoms with Crippen molar-refractivity contribution < 1.29 is 18.1 Å². The van der Waals surface area contributed by atoms with Gasteiger partial charge in [0.05, 0.1) is 9.82 Å². The number of rotatable bonds is 8. The second-order valence-electron chi connectivity index (χ2n) is 6.85. The van der Waals surface area contributed by atoms with Gasteiger partial charge in [-0.15, -0.1) is 0 Å². The fourth-order valence-electron chi connectivity index (χ4n) is 3.03. The van der Waals surface area contributed by atoms with Crippen LogP contribution in [0.4, 0.5) is 5.69 Å². The third-order valence-electron chi connectivity index (χ3n) is 4.67. The molecule has 1 unspecified atom stereocenters. The summed E-state index contributed by atoms with van der Waals surface area (Å²) in [7, 11) is -3.87. The number of carbonyl (C=O) groups is 1. The van der Waals surface area contributed by atoms with Gasteiger partial charge in [0, 0.05) is 29.8 Å². The summed E-state index contributed by atoms with van der Waals surface area (Å²) in [6.45, 7) is 1.67. The lowest BCUT2D eigenvalue weighted by atomic mass is 10.1. The Bertz CT molecular complexity index is 1200. The van der Waals surface area contributed by atoms with Crippen LogP contribution in [-0.2, 0) is 16.6 Å². The first kappa shape index (κ1) is 22.1. The number of nitro groups is 1. The number of nitro benzene ring substituents is 1. The van der Waals surface area contributed by atoms with E-state index in [4.69, 9.17) is 0 Å². The van der Waals surface area contributed by atoms with E-state index in [0.717, 1.165) is 5.56 Å². The Labute approximate surface area is 180 Å². The third kappa shape index (κ3) is 5.53. The molecule has 31 heavy (non-hydrogen) atoms. The van der Waals surface area contributed by atoms with Crippen molar-refractivity contribution in [2.24, 2.45) is 0 Å². The maximum absolute atomic E-state index is 12.8. The van der Waals surface area contributed by atoms with Crippen molar-refractivity contribution in [3.63, 3.8) is 0 Å². The first-order chi connectivity index (χ1) is 14.8. The lowest BCUT2D eigenvalue weighted by Crippen LogP contribution is -2.28. The smallest absolute Gasteiger partial charge is 0.274 e. The van der Waals surface area contributed by atoms with Gasteiger partial charge >= 0.3 is 0 Å². The molecule has 1 amide bonds. The molecule has 3 aromatic rings. The van der Waals surface area contributed by atoms with E-state index in [0.29, 0.717) is 5.56 Å². The zero-order valence-corrected chi connectivity index (χ0v) is 17.5. The van der Waals surface area contributed by atoms with Crippen molar-refractivity contribution in [2.45, 2.75) is 24.4 Å². The zero-order chi connectivity index (χ0) is 22.4. The summed E-state index contributed by atoms with van der Waals surface area (Å²) < 4.78 is 28.1. The molecular weight excluding hydrogens is 418 g/mol. The lowest BCUT2D eigenvalue weighted by Gasteiger charge is -2.15. The van der Waals surface area contributed by atoms with Crippen LogP contribution in [0.5, 0.6) is 0 Å². The minimum Gasteiger partial charge on any atom is -0.348 e. The predicted octanol–water partition coefficient (Wildman–Crippen LogP) is 3.56. The molecule has 0 bridgehead atoms. The number of benzene rings is 3. The maximum Gasteiger partial charge on any atom is 0.274 e. The molecule has 0 heterocycles. The van der Waals surface area contributed by atoms with Crippen molar-refractivity contribution in [3.8, 4) is 0 Å². The molecule has 3 rings (SSSR count). The van der Waals surface area contributed by atoms with Crippen molar-refractivity contribution in [3.05, 3.63) is 106 Å². The van der Waals surface area contributed by atoms with Crippen LogP contribution in [0.15, 0.2) is 83.8 Å². The van der Waals surface area contributed by atoms with Crippen LogP contribution in [0.1, 0.15) is 34.5 Å². The van der Waals surface area contributed by atoms with Gasteiger partial charge in [-0.3, -0.25) is 14.9 Å². The summed E-state index contributed by atoms with van der Waals surface area (Å²) in [6.07, 6.45) is 0. The summed E-state index contributed by atoms with van der Waals surface area (Å²) in [4.78, 5) is 23.1. The molecule has 0 radical (unpaired) electrons. The van der Waals surface area contributed by atoms with Crippen molar-refractivity contribution in [2.75, 3.05) is 0 Å². The van der Waals surface area contributed by atoms with Crippen LogP contribution >= 0.6 is 0 Å². The molecule has 0 aromatic heterocycles.